The van der Waals surface area contributed by atoms with Gasteiger partial charge in [0.15, 0.2) is 5.06 Å². The molecule has 0 saturated carbocycles. The molecular formula is C23H40O14P2. The standard InChI is InChI=1S/C23H40O14P2/c1-14-15(38(28,34-30-16(24)20(2,3)4)35-31-17(25)21(5,6)7)39(29,36-32-18(26)22(8,9)10)37-33-19(27)23(11,12)13/h14H,1-13H3. The Kier molecular flexibility index (Phi) is 12.4. The summed E-state index contributed by atoms with van der Waals surface area (Å²) in [6.07, 6.45) is 0.799. The lowest BCUT2D eigenvalue weighted by Gasteiger charge is -2.25. The third kappa shape index (κ3) is 11.5. The van der Waals surface area contributed by atoms with Gasteiger partial charge in [-0.1, -0.05) is 24.8 Å². The maximum absolute atomic E-state index is 13.9. The third-order valence-electron chi connectivity index (χ3n) is 4.11. The second-order valence-corrected chi connectivity index (χ2v) is 16.3. The van der Waals surface area contributed by atoms with Gasteiger partial charge in [-0.25, -0.2) is 28.3 Å². The zero-order chi connectivity index (χ0) is 31.3. The molecule has 0 rings (SSSR count). The van der Waals surface area contributed by atoms with Gasteiger partial charge in [0, 0.05) is 0 Å². The lowest BCUT2D eigenvalue weighted by molar-refractivity contribution is -0.261. The van der Waals surface area contributed by atoms with E-state index in [4.69, 9.17) is 18.7 Å². The van der Waals surface area contributed by atoms with Gasteiger partial charge in [-0.15, -0.1) is 0 Å². The highest BCUT2D eigenvalue weighted by Crippen LogP contribution is 2.74. The zero-order valence-electron chi connectivity index (χ0n) is 24.7. The minimum Gasteiger partial charge on any atom is -0.289 e. The van der Waals surface area contributed by atoms with Crippen LogP contribution in [0.2, 0.25) is 0 Å². The van der Waals surface area contributed by atoms with E-state index in [1.54, 1.807) is 0 Å². The largest absolute Gasteiger partial charge is 0.442 e. The molecule has 0 N–H and O–H groups in total. The van der Waals surface area contributed by atoms with Crippen LogP contribution in [0.25, 0.3) is 0 Å². The van der Waals surface area contributed by atoms with Gasteiger partial charge >= 0.3 is 39.1 Å². The molecule has 39 heavy (non-hydrogen) atoms. The maximum Gasteiger partial charge on any atom is 0.442 e. The van der Waals surface area contributed by atoms with Crippen LogP contribution in [0.1, 0.15) is 90.0 Å². The van der Waals surface area contributed by atoms with E-state index in [0.717, 1.165) is 13.0 Å². The molecule has 0 unspecified atom stereocenters. The Hall–Kier alpha value is -2.08. The maximum atomic E-state index is 13.9. The van der Waals surface area contributed by atoms with E-state index < -0.39 is 65.8 Å². The first-order valence-corrected chi connectivity index (χ1v) is 14.8. The van der Waals surface area contributed by atoms with Crippen LogP contribution in [0.15, 0.2) is 11.1 Å². The van der Waals surface area contributed by atoms with Crippen molar-refractivity contribution in [3.8, 4) is 0 Å². The van der Waals surface area contributed by atoms with Crippen LogP contribution in [0.4, 0.5) is 0 Å². The SMILES string of the molecule is CC=C(P(=O)(OOC(=O)C(C)(C)C)OOC(=O)C(C)(C)C)P(=O)(OOC(=O)C(C)(C)C)OOC(=O)C(C)(C)C. The highest BCUT2D eigenvalue weighted by atomic mass is 31.2. The Balaban J connectivity index is 6.68. The monoisotopic (exact) mass is 602 g/mol. The zero-order valence-corrected chi connectivity index (χ0v) is 26.5. The molecule has 0 bridgehead atoms. The van der Waals surface area contributed by atoms with Crippen molar-refractivity contribution in [3.05, 3.63) is 11.1 Å². The predicted octanol–water partition coefficient (Wildman–Crippen LogP) is 6.32. The summed E-state index contributed by atoms with van der Waals surface area (Å²) in [5.41, 5.74) is -4.71. The first kappa shape index (κ1) is 36.9. The van der Waals surface area contributed by atoms with Crippen LogP contribution in [0, 0.1) is 21.7 Å². The van der Waals surface area contributed by atoms with Gasteiger partial charge in [-0.05, 0) is 90.0 Å². The van der Waals surface area contributed by atoms with Crippen molar-refractivity contribution >= 4 is 39.1 Å². The average molecular weight is 603 g/mol. The Labute approximate surface area is 228 Å². The van der Waals surface area contributed by atoms with Gasteiger partial charge < -0.3 is 0 Å². The normalized spacial score (nSPS) is 13.3. The highest BCUT2D eigenvalue weighted by molar-refractivity contribution is 7.78. The molecule has 0 aliphatic rings. The molecule has 0 radical (unpaired) electrons. The first-order valence-electron chi connectivity index (χ1n) is 11.7. The molecule has 0 aromatic heterocycles. The second-order valence-electron chi connectivity index (χ2n) is 12.4. The number of allylic oxidation sites excluding steroid dienone is 1. The van der Waals surface area contributed by atoms with Gasteiger partial charge in [-0.2, -0.15) is 0 Å². The number of hydrogen-bond donors (Lipinski definition) is 0. The molecule has 0 amide bonds. The number of hydrogen-bond acceptors (Lipinski definition) is 14. The topological polar surface area (TPSA) is 176 Å². The highest BCUT2D eigenvalue weighted by Gasteiger charge is 2.53. The third-order valence-corrected chi connectivity index (χ3v) is 8.30. The fraction of sp³-hybridized carbons (Fsp3) is 0.739. The molecule has 0 spiro atoms. The molecule has 226 valence electrons. The second kappa shape index (κ2) is 13.1. The van der Waals surface area contributed by atoms with Crippen molar-refractivity contribution in [2.75, 3.05) is 0 Å². The van der Waals surface area contributed by atoms with Gasteiger partial charge in [0.1, 0.15) is 0 Å². The number of rotatable bonds is 10. The lowest BCUT2D eigenvalue weighted by Crippen LogP contribution is -2.26. The van der Waals surface area contributed by atoms with Crippen molar-refractivity contribution in [2.24, 2.45) is 21.7 Å². The molecule has 0 aliphatic heterocycles. The lowest BCUT2D eigenvalue weighted by atomic mass is 9.98. The van der Waals surface area contributed by atoms with E-state index in [1.807, 2.05) is 0 Å². The summed E-state index contributed by atoms with van der Waals surface area (Å²) in [5.74, 6) is -4.23. The van der Waals surface area contributed by atoms with Crippen molar-refractivity contribution in [2.45, 2.75) is 90.0 Å². The molecule has 0 atom stereocenters. The molecule has 16 heteroatoms. The Bertz CT molecular complexity index is 901. The Morgan fingerprint density at radius 1 is 0.462 bits per heavy atom. The first-order chi connectivity index (χ1) is 17.2. The molecule has 0 aliphatic carbocycles. The summed E-state index contributed by atoms with van der Waals surface area (Å²) in [7, 11) is -10.6. The van der Waals surface area contributed by atoms with Gasteiger partial charge in [-0.3, -0.25) is 19.6 Å². The molecular weight excluding hydrogens is 562 g/mol. The minimum atomic E-state index is -5.32. The van der Waals surface area contributed by atoms with E-state index in [9.17, 15) is 28.3 Å². The van der Waals surface area contributed by atoms with Gasteiger partial charge in [0.2, 0.25) is 0 Å². The quantitative estimate of drug-likeness (QED) is 0.154. The fourth-order valence-corrected chi connectivity index (χ4v) is 4.73. The van der Waals surface area contributed by atoms with Gasteiger partial charge in [0.25, 0.3) is 0 Å². The van der Waals surface area contributed by atoms with Crippen LogP contribution in [-0.2, 0) is 66.6 Å². The van der Waals surface area contributed by atoms with Crippen molar-refractivity contribution < 1.29 is 66.6 Å². The van der Waals surface area contributed by atoms with Crippen LogP contribution >= 0.6 is 15.2 Å². The molecule has 0 fully saturated rings. The average Bonchev–Trinajstić information content (AvgIpc) is 2.75. The summed E-state index contributed by atoms with van der Waals surface area (Å²) in [6.45, 7) is 18.4. The fourth-order valence-electron chi connectivity index (χ4n) is 1.48. The summed E-state index contributed by atoms with van der Waals surface area (Å²) in [4.78, 5) is 67.7. The molecule has 14 nitrogen and oxygen atoms in total. The summed E-state index contributed by atoms with van der Waals surface area (Å²) < 4.78 is 46.7. The van der Waals surface area contributed by atoms with Gasteiger partial charge in [0.05, 0.1) is 21.7 Å². The van der Waals surface area contributed by atoms with Crippen LogP contribution in [0.5, 0.6) is 0 Å². The van der Waals surface area contributed by atoms with E-state index in [1.165, 1.54) is 83.1 Å². The Morgan fingerprint density at radius 2 is 0.641 bits per heavy atom. The van der Waals surface area contributed by atoms with E-state index in [-0.39, 0.29) is 0 Å². The van der Waals surface area contributed by atoms with Crippen molar-refractivity contribution in [1.29, 1.82) is 0 Å². The Morgan fingerprint density at radius 3 is 0.769 bits per heavy atom. The van der Waals surface area contributed by atoms with E-state index in [0.29, 0.717) is 0 Å². The van der Waals surface area contributed by atoms with Crippen LogP contribution < -0.4 is 0 Å². The molecule has 0 aromatic rings. The minimum absolute atomic E-state index is 0.799. The number of carbonyl (C=O) groups is 4. The van der Waals surface area contributed by atoms with E-state index in [2.05, 4.69) is 19.6 Å². The van der Waals surface area contributed by atoms with Crippen LogP contribution in [0.3, 0.4) is 0 Å². The molecule has 0 heterocycles. The van der Waals surface area contributed by atoms with E-state index >= 15 is 0 Å². The smallest absolute Gasteiger partial charge is 0.289 e. The summed E-state index contributed by atoms with van der Waals surface area (Å²) >= 11 is 0. The van der Waals surface area contributed by atoms with Crippen molar-refractivity contribution in [1.82, 2.24) is 0 Å². The molecule has 0 saturated heterocycles. The molecule has 0 aromatic carbocycles. The summed E-state index contributed by atoms with van der Waals surface area (Å²) in [5, 5.41) is -1.11. The number of carbonyl (C=O) groups excluding carboxylic acids is 4. The van der Waals surface area contributed by atoms with Crippen LogP contribution in [-0.4, -0.2) is 23.9 Å². The predicted molar refractivity (Wildman–Crippen MR) is 135 cm³/mol. The summed E-state index contributed by atoms with van der Waals surface area (Å²) in [6, 6.07) is 0. The van der Waals surface area contributed by atoms with Crippen molar-refractivity contribution in [3.63, 3.8) is 0 Å².